The van der Waals surface area contributed by atoms with Gasteiger partial charge in [0.15, 0.2) is 0 Å². The first-order valence-corrected chi connectivity index (χ1v) is 7.00. The quantitative estimate of drug-likeness (QED) is 0.788. The summed E-state index contributed by atoms with van der Waals surface area (Å²) < 4.78 is 0. The molecule has 15 heavy (non-hydrogen) atoms. The minimum absolute atomic E-state index is 0.295. The number of carbonyl (C=O) groups excluding carboxylic acids is 1. The lowest BCUT2D eigenvalue weighted by Gasteiger charge is -2.25. The summed E-state index contributed by atoms with van der Waals surface area (Å²) in [6.45, 7) is 3.06. The van der Waals surface area contributed by atoms with Crippen molar-refractivity contribution in [1.82, 2.24) is 5.32 Å². The van der Waals surface area contributed by atoms with E-state index in [4.69, 9.17) is 0 Å². The van der Waals surface area contributed by atoms with Crippen molar-refractivity contribution in [1.29, 1.82) is 0 Å². The number of alkyl halides is 1. The maximum atomic E-state index is 11.6. The molecule has 0 spiro atoms. The van der Waals surface area contributed by atoms with Crippen molar-refractivity contribution in [3.63, 3.8) is 0 Å². The van der Waals surface area contributed by atoms with E-state index < -0.39 is 0 Å². The number of hydrogen-bond acceptors (Lipinski definition) is 1. The molecule has 2 unspecified atom stereocenters. The first-order valence-electron chi connectivity index (χ1n) is 6.08. The Kier molecular flexibility index (Phi) is 3.70. The SMILES string of the molecule is CC1CC1C(=O)NCC1CCC(Br)CC1. The largest absolute Gasteiger partial charge is 0.356 e. The molecule has 2 atom stereocenters. The van der Waals surface area contributed by atoms with E-state index in [0.29, 0.717) is 22.6 Å². The number of halogens is 1. The fourth-order valence-electron chi connectivity index (χ4n) is 2.39. The van der Waals surface area contributed by atoms with Crippen LogP contribution in [0.1, 0.15) is 39.0 Å². The van der Waals surface area contributed by atoms with Crippen LogP contribution >= 0.6 is 15.9 Å². The van der Waals surface area contributed by atoms with Crippen LogP contribution in [0.3, 0.4) is 0 Å². The molecule has 0 aromatic rings. The summed E-state index contributed by atoms with van der Waals surface area (Å²) in [5.41, 5.74) is 0. The molecule has 0 aliphatic heterocycles. The molecular weight excluding hydrogens is 254 g/mol. The minimum Gasteiger partial charge on any atom is -0.356 e. The van der Waals surface area contributed by atoms with Crippen LogP contribution in [-0.2, 0) is 4.79 Å². The third kappa shape index (κ3) is 3.20. The fourth-order valence-corrected chi connectivity index (χ4v) is 2.92. The van der Waals surface area contributed by atoms with E-state index in [9.17, 15) is 4.79 Å². The Morgan fingerprint density at radius 3 is 2.47 bits per heavy atom. The Morgan fingerprint density at radius 2 is 1.93 bits per heavy atom. The van der Waals surface area contributed by atoms with Crippen LogP contribution in [-0.4, -0.2) is 17.3 Å². The van der Waals surface area contributed by atoms with Crippen LogP contribution in [0.25, 0.3) is 0 Å². The third-order valence-corrected chi connectivity index (χ3v) is 4.70. The van der Waals surface area contributed by atoms with Crippen LogP contribution < -0.4 is 5.32 Å². The van der Waals surface area contributed by atoms with Crippen LogP contribution in [0.2, 0.25) is 0 Å². The Hall–Kier alpha value is -0.0500. The number of hydrogen-bond donors (Lipinski definition) is 1. The van der Waals surface area contributed by atoms with E-state index in [1.807, 2.05) is 0 Å². The highest BCUT2D eigenvalue weighted by atomic mass is 79.9. The van der Waals surface area contributed by atoms with Crippen LogP contribution in [0, 0.1) is 17.8 Å². The number of carbonyl (C=O) groups is 1. The van der Waals surface area contributed by atoms with E-state index in [2.05, 4.69) is 28.2 Å². The molecule has 0 radical (unpaired) electrons. The molecule has 0 aromatic carbocycles. The van der Waals surface area contributed by atoms with Gasteiger partial charge in [0.05, 0.1) is 0 Å². The highest BCUT2D eigenvalue weighted by molar-refractivity contribution is 9.09. The van der Waals surface area contributed by atoms with Crippen molar-refractivity contribution >= 4 is 21.8 Å². The van der Waals surface area contributed by atoms with Gasteiger partial charge in [-0.15, -0.1) is 0 Å². The summed E-state index contributed by atoms with van der Waals surface area (Å²) in [6, 6.07) is 0. The van der Waals surface area contributed by atoms with Crippen LogP contribution in [0.5, 0.6) is 0 Å². The lowest BCUT2D eigenvalue weighted by Crippen LogP contribution is -2.32. The molecule has 0 aromatic heterocycles. The molecular formula is C12H20BrNO. The van der Waals surface area contributed by atoms with Crippen molar-refractivity contribution in [3.8, 4) is 0 Å². The normalized spacial score (nSPS) is 39.9. The molecule has 2 rings (SSSR count). The van der Waals surface area contributed by atoms with E-state index in [-0.39, 0.29) is 0 Å². The second-order valence-corrected chi connectivity index (χ2v) is 6.48. The van der Waals surface area contributed by atoms with Gasteiger partial charge >= 0.3 is 0 Å². The van der Waals surface area contributed by atoms with Crippen molar-refractivity contribution in [2.45, 2.75) is 43.9 Å². The molecule has 3 heteroatoms. The van der Waals surface area contributed by atoms with Crippen molar-refractivity contribution in [3.05, 3.63) is 0 Å². The summed E-state index contributed by atoms with van der Waals surface area (Å²) in [7, 11) is 0. The van der Waals surface area contributed by atoms with E-state index >= 15 is 0 Å². The minimum atomic E-state index is 0.295. The lowest BCUT2D eigenvalue weighted by molar-refractivity contribution is -0.122. The zero-order valence-corrected chi connectivity index (χ0v) is 10.9. The van der Waals surface area contributed by atoms with Gasteiger partial charge < -0.3 is 5.32 Å². The Labute approximate surface area is 100 Å². The van der Waals surface area contributed by atoms with Gasteiger partial charge in [-0.05, 0) is 43.9 Å². The maximum absolute atomic E-state index is 11.6. The first-order chi connectivity index (χ1) is 7.16. The average molecular weight is 274 g/mol. The molecule has 2 fully saturated rings. The molecule has 1 N–H and O–H groups in total. The first kappa shape index (κ1) is 11.4. The summed E-state index contributed by atoms with van der Waals surface area (Å²) in [5, 5.41) is 3.11. The Bertz CT molecular complexity index is 236. The standard InChI is InChI=1S/C12H20BrNO/c1-8-6-11(8)12(15)14-7-9-2-4-10(13)5-3-9/h8-11H,2-7H2,1H3,(H,14,15). The zero-order valence-electron chi connectivity index (χ0n) is 9.34. The second-order valence-electron chi connectivity index (χ2n) is 5.18. The molecule has 86 valence electrons. The summed E-state index contributed by atoms with van der Waals surface area (Å²) >= 11 is 3.65. The van der Waals surface area contributed by atoms with Crippen LogP contribution in [0.4, 0.5) is 0 Å². The van der Waals surface area contributed by atoms with Gasteiger partial charge in [-0.3, -0.25) is 4.79 Å². The van der Waals surface area contributed by atoms with Crippen LogP contribution in [0.15, 0.2) is 0 Å². The Morgan fingerprint density at radius 1 is 1.33 bits per heavy atom. The summed E-state index contributed by atoms with van der Waals surface area (Å²) in [6.07, 6.45) is 6.15. The third-order valence-electron chi connectivity index (χ3n) is 3.79. The highest BCUT2D eigenvalue weighted by Gasteiger charge is 2.39. The number of rotatable bonds is 3. The Balaban J connectivity index is 1.63. The average Bonchev–Trinajstić information content (AvgIpc) is 2.94. The van der Waals surface area contributed by atoms with Gasteiger partial charge in [-0.1, -0.05) is 22.9 Å². The molecule has 2 nitrogen and oxygen atoms in total. The van der Waals surface area contributed by atoms with E-state index in [1.54, 1.807) is 0 Å². The van der Waals surface area contributed by atoms with Gasteiger partial charge in [0.25, 0.3) is 0 Å². The molecule has 0 bridgehead atoms. The molecule has 0 saturated heterocycles. The maximum Gasteiger partial charge on any atom is 0.223 e. The predicted octanol–water partition coefficient (Wildman–Crippen LogP) is 2.71. The highest BCUT2D eigenvalue weighted by Crippen LogP contribution is 2.37. The van der Waals surface area contributed by atoms with Crippen molar-refractivity contribution in [2.75, 3.05) is 6.54 Å². The summed E-state index contributed by atoms with van der Waals surface area (Å²) in [4.78, 5) is 12.3. The second kappa shape index (κ2) is 4.86. The fraction of sp³-hybridized carbons (Fsp3) is 0.917. The van der Waals surface area contributed by atoms with Crippen molar-refractivity contribution in [2.24, 2.45) is 17.8 Å². The van der Waals surface area contributed by atoms with Gasteiger partial charge in [0.1, 0.15) is 0 Å². The number of amides is 1. The van der Waals surface area contributed by atoms with Gasteiger partial charge in [0, 0.05) is 17.3 Å². The molecule has 2 aliphatic carbocycles. The molecule has 0 heterocycles. The monoisotopic (exact) mass is 273 g/mol. The van der Waals surface area contributed by atoms with Gasteiger partial charge in [0.2, 0.25) is 5.91 Å². The lowest BCUT2D eigenvalue weighted by atomic mass is 9.89. The van der Waals surface area contributed by atoms with Gasteiger partial charge in [-0.25, -0.2) is 0 Å². The zero-order chi connectivity index (χ0) is 10.8. The topological polar surface area (TPSA) is 29.1 Å². The predicted molar refractivity (Wildman–Crippen MR) is 65.0 cm³/mol. The van der Waals surface area contributed by atoms with Crippen molar-refractivity contribution < 1.29 is 4.79 Å². The van der Waals surface area contributed by atoms with Gasteiger partial charge in [-0.2, -0.15) is 0 Å². The van der Waals surface area contributed by atoms with E-state index in [0.717, 1.165) is 18.9 Å². The molecule has 2 saturated carbocycles. The number of nitrogens with one attached hydrogen (secondary N) is 1. The van der Waals surface area contributed by atoms with E-state index in [1.165, 1.54) is 25.7 Å². The molecule has 1 amide bonds. The summed E-state index contributed by atoms with van der Waals surface area (Å²) in [5.74, 6) is 1.97. The molecule has 2 aliphatic rings. The smallest absolute Gasteiger partial charge is 0.223 e.